The molecule has 2 saturated heterocycles. The number of rotatable bonds is 3. The molecule has 2 amide bonds. The van der Waals surface area contributed by atoms with Crippen molar-refractivity contribution < 1.29 is 9.59 Å². The molecule has 0 saturated carbocycles. The number of carbonyl (C=O) groups is 2. The summed E-state index contributed by atoms with van der Waals surface area (Å²) in [5.74, 6) is 0.509. The Hall–Kier alpha value is -2.12. The number of pyridine rings is 1. The molecule has 0 bridgehead atoms. The number of amides is 2. The molecule has 0 unspecified atom stereocenters. The lowest BCUT2D eigenvalue weighted by atomic mass is 9.83. The van der Waals surface area contributed by atoms with Gasteiger partial charge in [0.1, 0.15) is 0 Å². The van der Waals surface area contributed by atoms with Crippen LogP contribution in [0.1, 0.15) is 29.8 Å². The molecule has 4 heterocycles. The molecule has 0 spiro atoms. The van der Waals surface area contributed by atoms with Gasteiger partial charge in [0, 0.05) is 44.8 Å². The normalized spacial score (nSPS) is 22.9. The fourth-order valence-electron chi connectivity index (χ4n) is 4.17. The number of hydrogen-bond donors (Lipinski definition) is 1. The lowest BCUT2D eigenvalue weighted by Gasteiger charge is -2.46. The highest BCUT2D eigenvalue weighted by Gasteiger charge is 2.40. The predicted molar refractivity (Wildman–Crippen MR) is 100 cm³/mol. The first-order valence-electron chi connectivity index (χ1n) is 8.90. The van der Waals surface area contributed by atoms with Gasteiger partial charge in [-0.2, -0.15) is 5.10 Å². The van der Waals surface area contributed by atoms with E-state index in [9.17, 15) is 9.59 Å². The lowest BCUT2D eigenvalue weighted by Crippen LogP contribution is -2.57. The Labute approximate surface area is 158 Å². The van der Waals surface area contributed by atoms with Gasteiger partial charge in [-0.15, -0.1) is 12.4 Å². The minimum atomic E-state index is -0.0237. The van der Waals surface area contributed by atoms with E-state index < -0.39 is 0 Å². The third-order valence-corrected chi connectivity index (χ3v) is 5.39. The molecule has 2 N–H and O–H groups in total. The van der Waals surface area contributed by atoms with Crippen LogP contribution in [0.5, 0.6) is 0 Å². The van der Waals surface area contributed by atoms with Crippen LogP contribution in [0, 0.1) is 5.92 Å². The number of hydrogen-bond acceptors (Lipinski definition) is 4. The Kier molecular flexibility index (Phi) is 5.48. The molecule has 4 rings (SSSR count). The summed E-state index contributed by atoms with van der Waals surface area (Å²) in [4.78, 5) is 28.8. The monoisotopic (exact) mass is 377 g/mol. The second-order valence-corrected chi connectivity index (χ2v) is 6.88. The fraction of sp³-hybridized carbons (Fsp3) is 0.500. The zero-order valence-corrected chi connectivity index (χ0v) is 15.4. The van der Waals surface area contributed by atoms with Gasteiger partial charge in [0.05, 0.1) is 5.52 Å². The molecular weight excluding hydrogens is 354 g/mol. The number of nitrogens with two attached hydrogens (primary N) is 1. The van der Waals surface area contributed by atoms with E-state index in [-0.39, 0.29) is 30.3 Å². The number of fused-ring (bicyclic) bond motifs is 2. The van der Waals surface area contributed by atoms with Crippen molar-refractivity contribution in [3.8, 4) is 0 Å². The highest BCUT2D eigenvalue weighted by Crippen LogP contribution is 2.31. The van der Waals surface area contributed by atoms with E-state index in [0.29, 0.717) is 44.2 Å². The maximum Gasteiger partial charge on any atom is 0.274 e. The van der Waals surface area contributed by atoms with E-state index in [2.05, 4.69) is 5.10 Å². The fourth-order valence-corrected chi connectivity index (χ4v) is 4.17. The van der Waals surface area contributed by atoms with Gasteiger partial charge >= 0.3 is 0 Å². The van der Waals surface area contributed by atoms with Crippen LogP contribution in [-0.2, 0) is 4.79 Å². The van der Waals surface area contributed by atoms with Crippen LogP contribution in [0.4, 0.5) is 0 Å². The first-order valence-corrected chi connectivity index (χ1v) is 8.90. The molecular formula is C18H24ClN5O2. The summed E-state index contributed by atoms with van der Waals surface area (Å²) in [6.45, 7) is 2.44. The highest BCUT2D eigenvalue weighted by atomic mass is 35.5. The number of nitrogens with zero attached hydrogens (tertiary/aromatic N) is 4. The summed E-state index contributed by atoms with van der Waals surface area (Å²) >= 11 is 0. The predicted octanol–water partition coefficient (Wildman–Crippen LogP) is 1.17. The summed E-state index contributed by atoms with van der Waals surface area (Å²) in [6, 6.07) is 7.81. The van der Waals surface area contributed by atoms with Crippen LogP contribution in [0.15, 0.2) is 30.5 Å². The SMILES string of the molecule is Cl.NCCN1C(=O)CC[C@H]2CN(C(=O)c3cc4ccccn4n3)CC[C@H]21. The Bertz CT molecular complexity index is 775. The maximum atomic E-state index is 12.9. The van der Waals surface area contributed by atoms with Crippen molar-refractivity contribution in [3.63, 3.8) is 0 Å². The highest BCUT2D eigenvalue weighted by molar-refractivity contribution is 5.93. The second-order valence-electron chi connectivity index (χ2n) is 6.88. The standard InChI is InChI=1S/C18H23N5O2.ClH/c19-7-10-22-16-6-9-21(12-13(16)4-5-17(22)24)18(25)15-11-14-3-1-2-8-23(14)20-15;/h1-3,8,11,13,16H,4-7,9-10,12,19H2;1H/t13-,16+;/m0./s1. The Balaban J connectivity index is 0.00000196. The van der Waals surface area contributed by atoms with Gasteiger partial charge < -0.3 is 15.5 Å². The summed E-state index contributed by atoms with van der Waals surface area (Å²) in [6.07, 6.45) is 4.06. The van der Waals surface area contributed by atoms with Gasteiger partial charge in [0.15, 0.2) is 5.69 Å². The number of aromatic nitrogens is 2. The average molecular weight is 378 g/mol. The van der Waals surface area contributed by atoms with E-state index in [1.165, 1.54) is 0 Å². The van der Waals surface area contributed by atoms with Crippen molar-refractivity contribution in [1.29, 1.82) is 0 Å². The molecule has 8 heteroatoms. The lowest BCUT2D eigenvalue weighted by molar-refractivity contribution is -0.140. The average Bonchev–Trinajstić information content (AvgIpc) is 3.07. The van der Waals surface area contributed by atoms with Gasteiger partial charge in [0.25, 0.3) is 5.91 Å². The van der Waals surface area contributed by atoms with Gasteiger partial charge in [0.2, 0.25) is 5.91 Å². The smallest absolute Gasteiger partial charge is 0.274 e. The van der Waals surface area contributed by atoms with Crippen LogP contribution in [-0.4, -0.2) is 63.4 Å². The molecule has 2 aliphatic heterocycles. The van der Waals surface area contributed by atoms with Crippen LogP contribution in [0.3, 0.4) is 0 Å². The van der Waals surface area contributed by atoms with Crippen molar-refractivity contribution in [2.24, 2.45) is 11.7 Å². The van der Waals surface area contributed by atoms with Gasteiger partial charge in [-0.3, -0.25) is 9.59 Å². The number of carbonyl (C=O) groups excluding carboxylic acids is 2. The molecule has 2 fully saturated rings. The third-order valence-electron chi connectivity index (χ3n) is 5.39. The van der Waals surface area contributed by atoms with Gasteiger partial charge in [-0.25, -0.2) is 4.52 Å². The molecule has 2 aromatic rings. The second kappa shape index (κ2) is 7.63. The van der Waals surface area contributed by atoms with Crippen molar-refractivity contribution in [2.45, 2.75) is 25.3 Å². The van der Waals surface area contributed by atoms with Crippen LogP contribution in [0.25, 0.3) is 5.52 Å². The Morgan fingerprint density at radius 3 is 2.92 bits per heavy atom. The molecule has 140 valence electrons. The zero-order valence-electron chi connectivity index (χ0n) is 14.6. The Morgan fingerprint density at radius 1 is 1.31 bits per heavy atom. The van der Waals surface area contributed by atoms with Crippen LogP contribution in [0.2, 0.25) is 0 Å². The molecule has 0 aliphatic carbocycles. The first-order chi connectivity index (χ1) is 12.2. The first kappa shape index (κ1) is 18.7. The molecule has 26 heavy (non-hydrogen) atoms. The molecule has 2 aliphatic rings. The van der Waals surface area contributed by atoms with Crippen molar-refractivity contribution in [3.05, 3.63) is 36.2 Å². The van der Waals surface area contributed by atoms with Crippen molar-refractivity contribution in [1.82, 2.24) is 19.4 Å². The summed E-state index contributed by atoms with van der Waals surface area (Å²) in [7, 11) is 0. The van der Waals surface area contributed by atoms with Gasteiger partial charge in [-0.05, 0) is 37.0 Å². The van der Waals surface area contributed by atoms with E-state index in [0.717, 1.165) is 18.4 Å². The minimum Gasteiger partial charge on any atom is -0.338 e. The minimum absolute atomic E-state index is 0. The summed E-state index contributed by atoms with van der Waals surface area (Å²) in [5.41, 5.74) is 7.06. The van der Waals surface area contributed by atoms with Crippen molar-refractivity contribution >= 4 is 29.7 Å². The van der Waals surface area contributed by atoms with E-state index in [1.54, 1.807) is 4.52 Å². The van der Waals surface area contributed by atoms with Crippen LogP contribution < -0.4 is 5.73 Å². The quantitative estimate of drug-likeness (QED) is 0.870. The molecule has 0 aromatic carbocycles. The molecule has 2 aromatic heterocycles. The molecule has 7 nitrogen and oxygen atoms in total. The number of halogens is 1. The van der Waals surface area contributed by atoms with Crippen LogP contribution >= 0.6 is 12.4 Å². The van der Waals surface area contributed by atoms with E-state index >= 15 is 0 Å². The Morgan fingerprint density at radius 2 is 2.15 bits per heavy atom. The van der Waals surface area contributed by atoms with Gasteiger partial charge in [-0.1, -0.05) is 6.07 Å². The zero-order chi connectivity index (χ0) is 17.4. The van der Waals surface area contributed by atoms with E-state index in [1.807, 2.05) is 40.3 Å². The maximum absolute atomic E-state index is 12.9. The topological polar surface area (TPSA) is 83.9 Å². The summed E-state index contributed by atoms with van der Waals surface area (Å²) in [5, 5.41) is 4.39. The van der Waals surface area contributed by atoms with Crippen molar-refractivity contribution in [2.75, 3.05) is 26.2 Å². The number of likely N-dealkylation sites (tertiary alicyclic amines) is 2. The molecule has 0 radical (unpaired) electrons. The molecule has 2 atom stereocenters. The van der Waals surface area contributed by atoms with E-state index in [4.69, 9.17) is 5.73 Å². The number of piperidine rings is 2. The summed E-state index contributed by atoms with van der Waals surface area (Å²) < 4.78 is 1.72. The third kappa shape index (κ3) is 3.29. The largest absolute Gasteiger partial charge is 0.338 e.